The van der Waals surface area contributed by atoms with E-state index in [1.165, 1.54) is 11.1 Å². The van der Waals surface area contributed by atoms with Crippen molar-refractivity contribution in [1.29, 1.82) is 0 Å². The summed E-state index contributed by atoms with van der Waals surface area (Å²) in [5.41, 5.74) is 9.20. The van der Waals surface area contributed by atoms with Gasteiger partial charge >= 0.3 is 0 Å². The lowest BCUT2D eigenvalue weighted by molar-refractivity contribution is 0.257. The molecule has 106 valence electrons. The molecule has 0 unspecified atom stereocenters. The number of benzene rings is 2. The number of halogens is 1. The minimum absolute atomic E-state index is 0.822. The highest BCUT2D eigenvalue weighted by atomic mass is 79.9. The summed E-state index contributed by atoms with van der Waals surface area (Å²) in [6.45, 7) is 5.24. The maximum atomic E-state index is 5.74. The van der Waals surface area contributed by atoms with Gasteiger partial charge in [-0.15, -0.1) is 0 Å². The Balaban J connectivity index is 2.05. The van der Waals surface area contributed by atoms with Crippen molar-refractivity contribution in [3.63, 3.8) is 0 Å². The molecule has 0 amide bonds. The third-order valence-electron chi connectivity index (χ3n) is 3.22. The Hall–Kier alpha value is -1.32. The third-order valence-corrected chi connectivity index (χ3v) is 3.71. The van der Waals surface area contributed by atoms with E-state index < -0.39 is 0 Å². The zero-order chi connectivity index (χ0) is 14.4. The van der Waals surface area contributed by atoms with E-state index >= 15 is 0 Å². The first-order chi connectivity index (χ1) is 9.67. The fraction of sp³-hybridized carbons (Fsp3) is 0.294. The molecule has 2 aromatic carbocycles. The summed E-state index contributed by atoms with van der Waals surface area (Å²) in [6, 6.07) is 16.7. The number of hydrogen-bond acceptors (Lipinski definition) is 2. The van der Waals surface area contributed by atoms with E-state index in [1.807, 2.05) is 12.1 Å². The minimum Gasteiger partial charge on any atom is -0.399 e. The molecule has 2 aromatic rings. The van der Waals surface area contributed by atoms with Crippen molar-refractivity contribution in [3.05, 3.63) is 64.1 Å². The van der Waals surface area contributed by atoms with Gasteiger partial charge < -0.3 is 5.73 Å². The molecule has 20 heavy (non-hydrogen) atoms. The van der Waals surface area contributed by atoms with Crippen LogP contribution in [0, 0.1) is 0 Å². The van der Waals surface area contributed by atoms with Crippen molar-refractivity contribution in [2.75, 3.05) is 12.3 Å². The first-order valence-corrected chi connectivity index (χ1v) is 7.78. The van der Waals surface area contributed by atoms with Gasteiger partial charge in [-0.1, -0.05) is 47.1 Å². The Morgan fingerprint density at radius 2 is 1.70 bits per heavy atom. The van der Waals surface area contributed by atoms with Gasteiger partial charge in [0.2, 0.25) is 0 Å². The molecule has 0 bridgehead atoms. The molecule has 2 N–H and O–H groups in total. The number of nitrogens with zero attached hydrogens (tertiary/aromatic N) is 1. The third kappa shape index (κ3) is 4.66. The summed E-state index contributed by atoms with van der Waals surface area (Å²) in [4.78, 5) is 2.47. The highest BCUT2D eigenvalue weighted by molar-refractivity contribution is 9.10. The molecule has 2 nitrogen and oxygen atoms in total. The number of nitrogen functional groups attached to an aromatic ring is 1. The fourth-order valence-corrected chi connectivity index (χ4v) is 2.75. The maximum Gasteiger partial charge on any atom is 0.0314 e. The highest BCUT2D eigenvalue weighted by Crippen LogP contribution is 2.16. The van der Waals surface area contributed by atoms with E-state index in [9.17, 15) is 0 Å². The lowest BCUT2D eigenvalue weighted by atomic mass is 10.1. The largest absolute Gasteiger partial charge is 0.399 e. The van der Waals surface area contributed by atoms with Gasteiger partial charge in [0.15, 0.2) is 0 Å². The van der Waals surface area contributed by atoms with E-state index in [0.29, 0.717) is 0 Å². The normalized spacial score (nSPS) is 10.9. The van der Waals surface area contributed by atoms with Crippen LogP contribution in [-0.4, -0.2) is 11.4 Å². The summed E-state index contributed by atoms with van der Waals surface area (Å²) in [6.07, 6.45) is 1.16. The molecular formula is C17H21BrN2. The first-order valence-electron chi connectivity index (χ1n) is 6.98. The second-order valence-corrected chi connectivity index (χ2v) is 6.00. The lowest BCUT2D eigenvalue weighted by Crippen LogP contribution is -2.23. The maximum absolute atomic E-state index is 5.74. The van der Waals surface area contributed by atoms with Crippen LogP contribution in [0.25, 0.3) is 0 Å². The molecule has 0 aromatic heterocycles. The van der Waals surface area contributed by atoms with Gasteiger partial charge in [-0.05, 0) is 48.4 Å². The number of rotatable bonds is 6. The van der Waals surface area contributed by atoms with Gasteiger partial charge in [-0.3, -0.25) is 4.90 Å². The van der Waals surface area contributed by atoms with Crippen LogP contribution in [0.3, 0.4) is 0 Å². The Bertz CT molecular complexity index is 537. The molecule has 0 heterocycles. The smallest absolute Gasteiger partial charge is 0.0314 e. The van der Waals surface area contributed by atoms with E-state index in [1.54, 1.807) is 0 Å². The molecule has 0 saturated heterocycles. The first kappa shape index (κ1) is 15.1. The molecule has 0 atom stereocenters. The zero-order valence-electron chi connectivity index (χ0n) is 11.8. The quantitative estimate of drug-likeness (QED) is 0.792. The predicted molar refractivity (Wildman–Crippen MR) is 89.4 cm³/mol. The van der Waals surface area contributed by atoms with E-state index in [4.69, 9.17) is 5.73 Å². The zero-order valence-corrected chi connectivity index (χ0v) is 13.4. The second kappa shape index (κ2) is 7.46. The van der Waals surface area contributed by atoms with Crippen LogP contribution in [0.15, 0.2) is 53.0 Å². The average Bonchev–Trinajstić information content (AvgIpc) is 2.42. The van der Waals surface area contributed by atoms with Crippen LogP contribution < -0.4 is 5.73 Å². The second-order valence-electron chi connectivity index (χ2n) is 5.08. The van der Waals surface area contributed by atoms with Gasteiger partial charge in [0.05, 0.1) is 0 Å². The molecule has 0 spiro atoms. The summed E-state index contributed by atoms with van der Waals surface area (Å²) < 4.78 is 1.14. The molecule has 0 fully saturated rings. The highest BCUT2D eigenvalue weighted by Gasteiger charge is 2.06. The summed E-state index contributed by atoms with van der Waals surface area (Å²) in [5.74, 6) is 0. The Labute approximate surface area is 129 Å². The van der Waals surface area contributed by atoms with Crippen molar-refractivity contribution < 1.29 is 0 Å². The van der Waals surface area contributed by atoms with E-state index in [-0.39, 0.29) is 0 Å². The number of nitrogens with two attached hydrogens (primary N) is 1. The van der Waals surface area contributed by atoms with Gasteiger partial charge in [-0.2, -0.15) is 0 Å². The molecule has 0 aliphatic heterocycles. The number of anilines is 1. The Morgan fingerprint density at radius 1 is 1.00 bits per heavy atom. The summed E-state index contributed by atoms with van der Waals surface area (Å²) in [7, 11) is 0. The van der Waals surface area contributed by atoms with Crippen LogP contribution in [-0.2, 0) is 13.1 Å². The van der Waals surface area contributed by atoms with Gasteiger partial charge in [0.25, 0.3) is 0 Å². The molecule has 0 aliphatic rings. The van der Waals surface area contributed by atoms with Crippen LogP contribution in [0.4, 0.5) is 5.69 Å². The molecule has 0 aliphatic carbocycles. The van der Waals surface area contributed by atoms with Crippen LogP contribution in [0.1, 0.15) is 24.5 Å². The topological polar surface area (TPSA) is 29.3 Å². The minimum atomic E-state index is 0.822. The van der Waals surface area contributed by atoms with Gasteiger partial charge in [0, 0.05) is 23.2 Å². The Morgan fingerprint density at radius 3 is 2.35 bits per heavy atom. The van der Waals surface area contributed by atoms with Crippen molar-refractivity contribution in [1.82, 2.24) is 4.90 Å². The molecule has 0 radical (unpaired) electrons. The monoisotopic (exact) mass is 332 g/mol. The fourth-order valence-electron chi connectivity index (χ4n) is 2.31. The van der Waals surface area contributed by atoms with Crippen molar-refractivity contribution in [2.45, 2.75) is 26.4 Å². The number of hydrogen-bond donors (Lipinski definition) is 1. The summed E-state index contributed by atoms with van der Waals surface area (Å²) in [5, 5.41) is 0. The van der Waals surface area contributed by atoms with E-state index in [0.717, 1.165) is 36.2 Å². The Kier molecular flexibility index (Phi) is 5.62. The SMILES string of the molecule is CCCN(Cc1ccc(N)cc1)Cc1cccc(Br)c1. The average molecular weight is 333 g/mol. The molecule has 0 saturated carbocycles. The van der Waals surface area contributed by atoms with Gasteiger partial charge in [0.1, 0.15) is 0 Å². The molecular weight excluding hydrogens is 312 g/mol. The molecule has 3 heteroatoms. The lowest BCUT2D eigenvalue weighted by Gasteiger charge is -2.22. The van der Waals surface area contributed by atoms with Crippen molar-refractivity contribution >= 4 is 21.6 Å². The predicted octanol–water partition coefficient (Wildman–Crippen LogP) is 4.44. The van der Waals surface area contributed by atoms with Crippen molar-refractivity contribution in [3.8, 4) is 0 Å². The standard InChI is InChI=1S/C17H21BrN2/c1-2-10-20(12-14-6-8-17(19)9-7-14)13-15-4-3-5-16(18)11-15/h3-9,11H,2,10,12-13,19H2,1H3. The van der Waals surface area contributed by atoms with Crippen molar-refractivity contribution in [2.24, 2.45) is 0 Å². The summed E-state index contributed by atoms with van der Waals surface area (Å²) >= 11 is 3.53. The molecule has 2 rings (SSSR count). The van der Waals surface area contributed by atoms with Gasteiger partial charge in [-0.25, -0.2) is 0 Å². The van der Waals surface area contributed by atoms with Crippen LogP contribution in [0.2, 0.25) is 0 Å². The van der Waals surface area contributed by atoms with E-state index in [2.05, 4.69) is 64.2 Å². The van der Waals surface area contributed by atoms with Crippen LogP contribution >= 0.6 is 15.9 Å². The van der Waals surface area contributed by atoms with Crippen LogP contribution in [0.5, 0.6) is 0 Å².